The summed E-state index contributed by atoms with van der Waals surface area (Å²) in [7, 11) is -2.35. The first-order chi connectivity index (χ1) is 8.34. The van der Waals surface area contributed by atoms with Gasteiger partial charge in [-0.1, -0.05) is 40.2 Å². The molecule has 0 aromatic heterocycles. The first kappa shape index (κ1) is 15.4. The molecule has 0 spiro atoms. The van der Waals surface area contributed by atoms with Crippen molar-refractivity contribution in [1.82, 2.24) is 0 Å². The molecule has 0 aliphatic heterocycles. The maximum atomic E-state index is 8.91. The first-order valence-corrected chi connectivity index (χ1v) is 7.50. The summed E-state index contributed by atoms with van der Waals surface area (Å²) in [5.41, 5.74) is 2.55. The Hall–Kier alpha value is -0.630. The van der Waals surface area contributed by atoms with Gasteiger partial charge in [-0.3, -0.25) is 0 Å². The van der Waals surface area contributed by atoms with Gasteiger partial charge in [0.2, 0.25) is 0 Å². The van der Waals surface area contributed by atoms with E-state index >= 15 is 0 Å². The lowest BCUT2D eigenvalue weighted by Gasteiger charge is -2.24. The van der Waals surface area contributed by atoms with Crippen molar-refractivity contribution in [2.75, 3.05) is 0 Å². The van der Waals surface area contributed by atoms with Gasteiger partial charge in [-0.2, -0.15) is 0 Å². The fourth-order valence-electron chi connectivity index (χ4n) is 1.99. The van der Waals surface area contributed by atoms with E-state index in [0.717, 1.165) is 12.8 Å². The third-order valence-corrected chi connectivity index (χ3v) is 3.25. The largest absolute Gasteiger partial charge is 0.427 e. The van der Waals surface area contributed by atoms with Crippen molar-refractivity contribution in [2.45, 2.75) is 52.4 Å². The Labute approximate surface area is 111 Å². The third-order valence-electron chi connectivity index (χ3n) is 2.88. The van der Waals surface area contributed by atoms with Crippen LogP contribution in [0.2, 0.25) is 0 Å². The molecule has 0 aliphatic carbocycles. The highest BCUT2D eigenvalue weighted by molar-refractivity contribution is 7.39. The zero-order valence-corrected chi connectivity index (χ0v) is 12.5. The monoisotopic (exact) mass is 270 g/mol. The fraction of sp³-hybridized carbons (Fsp3) is 0.571. The molecule has 4 heteroatoms. The van der Waals surface area contributed by atoms with Gasteiger partial charge in [-0.05, 0) is 41.5 Å². The van der Waals surface area contributed by atoms with Crippen LogP contribution >= 0.6 is 8.60 Å². The van der Waals surface area contributed by atoms with E-state index in [1.54, 1.807) is 0 Å². The van der Waals surface area contributed by atoms with E-state index < -0.39 is 8.60 Å². The molecule has 0 unspecified atom stereocenters. The average molecular weight is 270 g/mol. The summed E-state index contributed by atoms with van der Waals surface area (Å²) in [5, 5.41) is 0. The molecule has 0 atom stereocenters. The highest BCUT2D eigenvalue weighted by Crippen LogP contribution is 2.34. The van der Waals surface area contributed by atoms with E-state index in [1.165, 1.54) is 17.5 Å². The molecular formula is C14H23O3P. The number of aryl methyl sites for hydroxylation is 1. The Morgan fingerprint density at radius 3 is 2.39 bits per heavy atom. The molecule has 1 rings (SSSR count). The van der Waals surface area contributed by atoms with Crippen LogP contribution in [0.5, 0.6) is 5.75 Å². The molecule has 0 heterocycles. The highest BCUT2D eigenvalue weighted by atomic mass is 31.2. The Bertz CT molecular complexity index is 383. The van der Waals surface area contributed by atoms with Crippen LogP contribution in [-0.2, 0) is 11.8 Å². The molecule has 0 bridgehead atoms. The second kappa shape index (κ2) is 6.51. The second-order valence-corrected chi connectivity index (χ2v) is 6.20. The van der Waals surface area contributed by atoms with Gasteiger partial charge < -0.3 is 14.3 Å². The molecule has 0 amide bonds. The van der Waals surface area contributed by atoms with E-state index in [2.05, 4.69) is 27.7 Å². The summed E-state index contributed by atoms with van der Waals surface area (Å²) in [6, 6.07) is 5.76. The summed E-state index contributed by atoms with van der Waals surface area (Å²) in [5.74, 6) is 0.524. The summed E-state index contributed by atoms with van der Waals surface area (Å²) < 4.78 is 4.99. The van der Waals surface area contributed by atoms with Crippen LogP contribution in [0.4, 0.5) is 0 Å². The van der Waals surface area contributed by atoms with E-state index in [4.69, 9.17) is 14.3 Å². The molecule has 18 heavy (non-hydrogen) atoms. The van der Waals surface area contributed by atoms with Crippen molar-refractivity contribution in [3.8, 4) is 5.75 Å². The lowest BCUT2D eigenvalue weighted by molar-refractivity contribution is 0.374. The normalized spacial score (nSPS) is 11.9. The molecular weight excluding hydrogens is 247 g/mol. The third kappa shape index (κ3) is 4.56. The molecule has 0 aliphatic rings. The van der Waals surface area contributed by atoms with Crippen molar-refractivity contribution < 1.29 is 14.3 Å². The minimum atomic E-state index is -2.35. The van der Waals surface area contributed by atoms with Crippen LogP contribution in [0.1, 0.15) is 51.7 Å². The molecule has 0 saturated carbocycles. The van der Waals surface area contributed by atoms with E-state index in [-0.39, 0.29) is 5.41 Å². The van der Waals surface area contributed by atoms with Gasteiger partial charge in [0, 0.05) is 0 Å². The van der Waals surface area contributed by atoms with Crippen molar-refractivity contribution in [3.05, 3.63) is 29.3 Å². The van der Waals surface area contributed by atoms with Gasteiger partial charge in [-0.25, -0.2) is 0 Å². The van der Waals surface area contributed by atoms with Crippen molar-refractivity contribution in [3.63, 3.8) is 0 Å². The summed E-state index contributed by atoms with van der Waals surface area (Å²) in [6.07, 6.45) is 3.38. The van der Waals surface area contributed by atoms with Crippen molar-refractivity contribution in [1.29, 1.82) is 0 Å². The minimum absolute atomic E-state index is 0.0239. The number of rotatable bonds is 5. The van der Waals surface area contributed by atoms with Crippen molar-refractivity contribution >= 4 is 8.60 Å². The van der Waals surface area contributed by atoms with Crippen LogP contribution in [0.25, 0.3) is 0 Å². The maximum absolute atomic E-state index is 8.91. The van der Waals surface area contributed by atoms with Crippen LogP contribution in [0.3, 0.4) is 0 Å². The highest BCUT2D eigenvalue weighted by Gasteiger charge is 2.19. The van der Waals surface area contributed by atoms with Crippen LogP contribution < -0.4 is 4.52 Å². The molecule has 0 fully saturated rings. The van der Waals surface area contributed by atoms with Gasteiger partial charge in [0.1, 0.15) is 5.75 Å². The summed E-state index contributed by atoms with van der Waals surface area (Å²) in [6.45, 7) is 8.64. The molecule has 0 radical (unpaired) electrons. The van der Waals surface area contributed by atoms with E-state index in [1.807, 2.05) is 18.2 Å². The lowest BCUT2D eigenvalue weighted by atomic mass is 9.82. The lowest BCUT2D eigenvalue weighted by Crippen LogP contribution is -2.14. The number of hydrogen-bond acceptors (Lipinski definition) is 3. The van der Waals surface area contributed by atoms with E-state index in [9.17, 15) is 0 Å². The molecule has 2 N–H and O–H groups in total. The van der Waals surface area contributed by atoms with Crippen LogP contribution in [0, 0.1) is 0 Å². The zero-order valence-electron chi connectivity index (χ0n) is 11.6. The summed E-state index contributed by atoms with van der Waals surface area (Å²) in [4.78, 5) is 17.8. The first-order valence-electron chi connectivity index (χ1n) is 6.34. The Morgan fingerprint density at radius 1 is 1.22 bits per heavy atom. The van der Waals surface area contributed by atoms with Gasteiger partial charge in [0.05, 0.1) is 0 Å². The molecule has 3 nitrogen and oxygen atoms in total. The van der Waals surface area contributed by atoms with Crippen molar-refractivity contribution in [2.24, 2.45) is 0 Å². The predicted molar refractivity (Wildman–Crippen MR) is 75.7 cm³/mol. The SMILES string of the molecule is CCCCc1ccc(OP(O)O)cc1C(C)(C)C. The topological polar surface area (TPSA) is 49.7 Å². The Morgan fingerprint density at radius 2 is 1.89 bits per heavy atom. The van der Waals surface area contributed by atoms with Crippen LogP contribution in [0.15, 0.2) is 18.2 Å². The summed E-state index contributed by atoms with van der Waals surface area (Å²) >= 11 is 0. The molecule has 102 valence electrons. The fourth-order valence-corrected chi connectivity index (χ4v) is 2.29. The zero-order chi connectivity index (χ0) is 13.8. The smallest absolute Gasteiger partial charge is 0.391 e. The number of unbranched alkanes of at least 4 members (excludes halogenated alkanes) is 1. The standard InChI is InChI=1S/C14H23O3P/c1-5-6-7-11-8-9-12(17-18(15)16)10-13(11)14(2,3)4/h8-10,15-16H,5-7H2,1-4H3. The molecule has 0 saturated heterocycles. The minimum Gasteiger partial charge on any atom is -0.427 e. The average Bonchev–Trinajstić information content (AvgIpc) is 2.25. The number of benzene rings is 1. The predicted octanol–water partition coefficient (Wildman–Crippen LogP) is 3.92. The molecule has 1 aromatic rings. The molecule has 1 aromatic carbocycles. The van der Waals surface area contributed by atoms with Gasteiger partial charge >= 0.3 is 8.60 Å². The Kier molecular flexibility index (Phi) is 5.58. The van der Waals surface area contributed by atoms with Gasteiger partial charge in [-0.15, -0.1) is 0 Å². The quantitative estimate of drug-likeness (QED) is 0.797. The number of hydrogen-bond donors (Lipinski definition) is 2. The maximum Gasteiger partial charge on any atom is 0.391 e. The second-order valence-electron chi connectivity index (χ2n) is 5.52. The van der Waals surface area contributed by atoms with E-state index in [0.29, 0.717) is 5.75 Å². The van der Waals surface area contributed by atoms with Gasteiger partial charge in [0.15, 0.2) is 0 Å². The Balaban J connectivity index is 3.04. The van der Waals surface area contributed by atoms with Gasteiger partial charge in [0.25, 0.3) is 0 Å². The van der Waals surface area contributed by atoms with Crippen LogP contribution in [-0.4, -0.2) is 9.79 Å².